The van der Waals surface area contributed by atoms with Crippen molar-refractivity contribution in [3.8, 4) is 0 Å². The fraction of sp³-hybridized carbons (Fsp3) is 0.500. The third kappa shape index (κ3) is 2.01. The third-order valence-corrected chi connectivity index (χ3v) is 3.55. The van der Waals surface area contributed by atoms with Crippen molar-refractivity contribution < 1.29 is 9.90 Å². The molecule has 0 aromatic rings. The number of thioether (sulfide) groups is 1. The molecule has 0 unspecified atom stereocenters. The number of carbonyl (C=O) groups is 1. The molecule has 0 radical (unpaired) electrons. The standard InChI is InChI=1S/C10H15NO2S/c1-4-9-11(5-6-12)7(2)10(14-9)8(3)13/h4,12H,5-6H2,1-3H3. The van der Waals surface area contributed by atoms with E-state index in [0.717, 1.165) is 15.6 Å². The van der Waals surface area contributed by atoms with Gasteiger partial charge in [0.2, 0.25) is 0 Å². The lowest BCUT2D eigenvalue weighted by molar-refractivity contribution is -0.113. The van der Waals surface area contributed by atoms with E-state index >= 15 is 0 Å². The van der Waals surface area contributed by atoms with Crippen LogP contribution in [0, 0.1) is 0 Å². The van der Waals surface area contributed by atoms with Gasteiger partial charge in [-0.3, -0.25) is 4.79 Å². The molecule has 1 heterocycles. The first-order valence-corrected chi connectivity index (χ1v) is 5.37. The van der Waals surface area contributed by atoms with E-state index in [1.165, 1.54) is 11.8 Å². The Balaban J connectivity index is 2.95. The molecule has 0 atom stereocenters. The maximum Gasteiger partial charge on any atom is 0.168 e. The van der Waals surface area contributed by atoms with Crippen LogP contribution in [-0.2, 0) is 4.79 Å². The summed E-state index contributed by atoms with van der Waals surface area (Å²) in [6.07, 6.45) is 1.96. The number of hydrogen-bond acceptors (Lipinski definition) is 4. The molecule has 0 saturated heterocycles. The van der Waals surface area contributed by atoms with Crippen LogP contribution in [-0.4, -0.2) is 28.9 Å². The normalized spacial score (nSPS) is 19.7. The van der Waals surface area contributed by atoms with Crippen LogP contribution in [0.4, 0.5) is 0 Å². The molecule has 78 valence electrons. The van der Waals surface area contributed by atoms with E-state index in [0.29, 0.717) is 6.54 Å². The zero-order valence-corrected chi connectivity index (χ0v) is 9.52. The van der Waals surface area contributed by atoms with E-state index in [1.54, 1.807) is 6.92 Å². The van der Waals surface area contributed by atoms with Crippen LogP contribution in [0.1, 0.15) is 20.8 Å². The second-order valence-electron chi connectivity index (χ2n) is 3.07. The minimum atomic E-state index is 0.0901. The minimum absolute atomic E-state index is 0.0901. The second kappa shape index (κ2) is 4.66. The van der Waals surface area contributed by atoms with Gasteiger partial charge in [0.15, 0.2) is 5.78 Å². The Bertz CT molecular complexity index is 307. The third-order valence-electron chi connectivity index (χ3n) is 2.10. The highest BCUT2D eigenvalue weighted by atomic mass is 32.2. The maximum atomic E-state index is 11.3. The molecular weight excluding hydrogens is 198 g/mol. The van der Waals surface area contributed by atoms with Crippen LogP contribution < -0.4 is 0 Å². The summed E-state index contributed by atoms with van der Waals surface area (Å²) in [6.45, 7) is 6.07. The fourth-order valence-corrected chi connectivity index (χ4v) is 2.51. The zero-order chi connectivity index (χ0) is 10.7. The Morgan fingerprint density at radius 3 is 2.71 bits per heavy atom. The first-order valence-electron chi connectivity index (χ1n) is 4.56. The van der Waals surface area contributed by atoms with Gasteiger partial charge in [0.1, 0.15) is 0 Å². The average molecular weight is 213 g/mol. The van der Waals surface area contributed by atoms with Crippen LogP contribution >= 0.6 is 11.8 Å². The molecular formula is C10H15NO2S. The molecule has 0 fully saturated rings. The highest BCUT2D eigenvalue weighted by Crippen LogP contribution is 2.40. The molecule has 1 N–H and O–H groups in total. The van der Waals surface area contributed by atoms with Crippen molar-refractivity contribution in [1.82, 2.24) is 4.90 Å². The largest absolute Gasteiger partial charge is 0.395 e. The number of ketones is 1. The van der Waals surface area contributed by atoms with E-state index in [2.05, 4.69) is 0 Å². The molecule has 14 heavy (non-hydrogen) atoms. The molecule has 0 bridgehead atoms. The summed E-state index contributed by atoms with van der Waals surface area (Å²) in [7, 11) is 0. The van der Waals surface area contributed by atoms with Gasteiger partial charge in [-0.25, -0.2) is 0 Å². The Morgan fingerprint density at radius 2 is 2.29 bits per heavy atom. The van der Waals surface area contributed by atoms with E-state index in [1.807, 2.05) is 24.8 Å². The van der Waals surface area contributed by atoms with Gasteiger partial charge in [0.05, 0.1) is 16.5 Å². The number of allylic oxidation sites excluding steroid dienone is 3. The predicted octanol–water partition coefficient (Wildman–Crippen LogP) is 1.71. The second-order valence-corrected chi connectivity index (χ2v) is 4.11. The number of aliphatic hydroxyl groups excluding tert-OH is 1. The smallest absolute Gasteiger partial charge is 0.168 e. The Morgan fingerprint density at radius 1 is 1.64 bits per heavy atom. The highest BCUT2D eigenvalue weighted by molar-refractivity contribution is 8.07. The first-order chi connectivity index (χ1) is 6.61. The topological polar surface area (TPSA) is 40.5 Å². The molecule has 0 aliphatic carbocycles. The van der Waals surface area contributed by atoms with Gasteiger partial charge in [-0.2, -0.15) is 0 Å². The first kappa shape index (κ1) is 11.3. The zero-order valence-electron chi connectivity index (χ0n) is 8.70. The van der Waals surface area contributed by atoms with Gasteiger partial charge < -0.3 is 10.0 Å². The van der Waals surface area contributed by atoms with Crippen LogP contribution in [0.5, 0.6) is 0 Å². The molecule has 4 heteroatoms. The maximum absolute atomic E-state index is 11.3. The van der Waals surface area contributed by atoms with Crippen molar-refractivity contribution >= 4 is 17.5 Å². The van der Waals surface area contributed by atoms with Crippen LogP contribution in [0.2, 0.25) is 0 Å². The van der Waals surface area contributed by atoms with Crippen molar-refractivity contribution in [2.45, 2.75) is 20.8 Å². The van der Waals surface area contributed by atoms with Crippen molar-refractivity contribution in [3.63, 3.8) is 0 Å². The van der Waals surface area contributed by atoms with Gasteiger partial charge in [-0.1, -0.05) is 17.8 Å². The molecule has 1 rings (SSSR count). The Kier molecular flexibility index (Phi) is 3.77. The lowest BCUT2D eigenvalue weighted by Crippen LogP contribution is -2.20. The van der Waals surface area contributed by atoms with Crippen molar-refractivity contribution in [2.75, 3.05) is 13.2 Å². The van der Waals surface area contributed by atoms with Crippen LogP contribution in [0.3, 0.4) is 0 Å². The summed E-state index contributed by atoms with van der Waals surface area (Å²) in [4.78, 5) is 14.0. The Labute approximate surface area is 88.5 Å². The number of Topliss-reactive ketones (excluding diaryl/α,β-unsaturated/α-hetero) is 1. The Hall–Kier alpha value is -0.740. The highest BCUT2D eigenvalue weighted by Gasteiger charge is 2.26. The summed E-state index contributed by atoms with van der Waals surface area (Å²) in [5.41, 5.74) is 0.949. The number of rotatable bonds is 3. The number of carbonyl (C=O) groups excluding carboxylic acids is 1. The SMILES string of the molecule is CC=C1SC(C(C)=O)=C(C)N1CCO. The molecule has 3 nitrogen and oxygen atoms in total. The van der Waals surface area contributed by atoms with Crippen molar-refractivity contribution in [1.29, 1.82) is 0 Å². The molecule has 0 saturated carbocycles. The van der Waals surface area contributed by atoms with Crippen LogP contribution in [0.25, 0.3) is 0 Å². The van der Waals surface area contributed by atoms with E-state index < -0.39 is 0 Å². The molecule has 1 aliphatic rings. The molecule has 1 aliphatic heterocycles. The molecule has 0 spiro atoms. The number of hydrogen-bond donors (Lipinski definition) is 1. The van der Waals surface area contributed by atoms with Crippen molar-refractivity contribution in [3.05, 3.63) is 21.7 Å². The van der Waals surface area contributed by atoms with E-state index in [-0.39, 0.29) is 12.4 Å². The predicted molar refractivity (Wildman–Crippen MR) is 58.5 cm³/mol. The summed E-state index contributed by atoms with van der Waals surface area (Å²) in [5.74, 6) is 0.0901. The van der Waals surface area contributed by atoms with Gasteiger partial charge in [-0.15, -0.1) is 0 Å². The summed E-state index contributed by atoms with van der Waals surface area (Å²) in [6, 6.07) is 0. The lowest BCUT2D eigenvalue weighted by Gasteiger charge is -2.19. The molecule has 0 amide bonds. The van der Waals surface area contributed by atoms with Gasteiger partial charge in [-0.05, 0) is 20.8 Å². The summed E-state index contributed by atoms with van der Waals surface area (Å²) < 4.78 is 0. The van der Waals surface area contributed by atoms with Gasteiger partial charge in [0, 0.05) is 12.2 Å². The monoisotopic (exact) mass is 213 g/mol. The van der Waals surface area contributed by atoms with E-state index in [9.17, 15) is 4.79 Å². The van der Waals surface area contributed by atoms with Gasteiger partial charge >= 0.3 is 0 Å². The average Bonchev–Trinajstić information content (AvgIpc) is 2.45. The number of nitrogens with zero attached hydrogens (tertiary/aromatic N) is 1. The van der Waals surface area contributed by atoms with Crippen LogP contribution in [0.15, 0.2) is 21.7 Å². The lowest BCUT2D eigenvalue weighted by atomic mass is 10.3. The summed E-state index contributed by atoms with van der Waals surface area (Å²) >= 11 is 1.48. The quantitative estimate of drug-likeness (QED) is 0.775. The minimum Gasteiger partial charge on any atom is -0.395 e. The van der Waals surface area contributed by atoms with Gasteiger partial charge in [0.25, 0.3) is 0 Å². The fourth-order valence-electron chi connectivity index (χ4n) is 1.44. The summed E-state index contributed by atoms with van der Waals surface area (Å²) in [5, 5.41) is 9.93. The molecule has 0 aromatic carbocycles. The van der Waals surface area contributed by atoms with Crippen molar-refractivity contribution in [2.24, 2.45) is 0 Å². The molecule has 0 aromatic heterocycles. The number of aliphatic hydroxyl groups is 1. The van der Waals surface area contributed by atoms with E-state index in [4.69, 9.17) is 5.11 Å². The number of β-amino-alcohol motifs (C(OH)–C–C–N with tert-alkyl or cyclic N) is 1.